The molecule has 0 saturated carbocycles. The molecule has 0 aliphatic carbocycles. The van der Waals surface area contributed by atoms with E-state index >= 15 is 0 Å². The number of hydrogen-bond acceptors (Lipinski definition) is 6. The number of fused-ring (bicyclic) bond motifs is 1. The molecule has 2 aromatic carbocycles. The van der Waals surface area contributed by atoms with E-state index in [1.54, 1.807) is 24.3 Å². The summed E-state index contributed by atoms with van der Waals surface area (Å²) in [4.78, 5) is 51.8. The molecule has 0 fully saturated rings. The molecule has 0 bridgehead atoms. The molecule has 0 unspecified atom stereocenters. The van der Waals surface area contributed by atoms with Gasteiger partial charge in [0.05, 0.1) is 18.7 Å². The van der Waals surface area contributed by atoms with Crippen molar-refractivity contribution in [3.63, 3.8) is 0 Å². The number of hydrogen-bond donors (Lipinski definition) is 4. The van der Waals surface area contributed by atoms with Crippen LogP contribution in [0, 0.1) is 11.7 Å². The van der Waals surface area contributed by atoms with E-state index < -0.39 is 29.8 Å². The van der Waals surface area contributed by atoms with E-state index in [1.165, 1.54) is 24.3 Å². The van der Waals surface area contributed by atoms with Crippen molar-refractivity contribution in [1.82, 2.24) is 21.3 Å². The van der Waals surface area contributed by atoms with Crippen LogP contribution < -0.4 is 30.7 Å². The molecule has 4 amide bonds. The first kappa shape index (κ1) is 30.4. The van der Waals surface area contributed by atoms with Gasteiger partial charge in [0, 0.05) is 13.0 Å². The molecule has 2 aromatic rings. The van der Waals surface area contributed by atoms with Gasteiger partial charge in [0.1, 0.15) is 36.0 Å². The second-order valence-corrected chi connectivity index (χ2v) is 9.90. The monoisotopic (exact) mass is 556 g/mol. The molecule has 40 heavy (non-hydrogen) atoms. The van der Waals surface area contributed by atoms with Crippen LogP contribution in [0.25, 0.3) is 0 Å². The maximum Gasteiger partial charge on any atom is 0.255 e. The van der Waals surface area contributed by atoms with E-state index in [0.717, 1.165) is 0 Å². The Labute approximate surface area is 233 Å². The van der Waals surface area contributed by atoms with Crippen molar-refractivity contribution in [2.75, 3.05) is 26.3 Å². The number of carbonyl (C=O) groups excluding carboxylic acids is 4. The summed E-state index contributed by atoms with van der Waals surface area (Å²) in [7, 11) is 0. The topological polar surface area (TPSA) is 135 Å². The van der Waals surface area contributed by atoms with E-state index in [2.05, 4.69) is 21.3 Å². The van der Waals surface area contributed by atoms with Gasteiger partial charge in [0.2, 0.25) is 17.7 Å². The summed E-state index contributed by atoms with van der Waals surface area (Å²) >= 11 is 0. The smallest absolute Gasteiger partial charge is 0.255 e. The molecule has 1 aliphatic rings. The van der Waals surface area contributed by atoms with E-state index in [-0.39, 0.29) is 55.8 Å². The zero-order valence-electron chi connectivity index (χ0n) is 22.8. The van der Waals surface area contributed by atoms with Gasteiger partial charge < -0.3 is 30.7 Å². The SMILES string of the molecule is CC(C)C[C@H]1NC(=O)CC[C@@H](C(=O)NCCOc2ccc(F)cc2)NC(=O)c2ccccc2OCCCNC1=O. The second-order valence-electron chi connectivity index (χ2n) is 9.90. The second kappa shape index (κ2) is 15.4. The number of para-hydroxylation sites is 1. The van der Waals surface area contributed by atoms with Crippen LogP contribution >= 0.6 is 0 Å². The molecule has 0 aromatic heterocycles. The minimum absolute atomic E-state index is 0.00126. The van der Waals surface area contributed by atoms with E-state index in [0.29, 0.717) is 30.9 Å². The Kier molecular flexibility index (Phi) is 11.7. The first-order valence-corrected chi connectivity index (χ1v) is 13.5. The molecule has 0 radical (unpaired) electrons. The summed E-state index contributed by atoms with van der Waals surface area (Å²) in [5.74, 6) is -1.12. The molecule has 2 atom stereocenters. The van der Waals surface area contributed by atoms with Crippen molar-refractivity contribution in [2.24, 2.45) is 5.92 Å². The summed E-state index contributed by atoms with van der Waals surface area (Å²) in [6, 6.07) is 10.4. The van der Waals surface area contributed by atoms with Gasteiger partial charge in [-0.1, -0.05) is 26.0 Å². The summed E-state index contributed by atoms with van der Waals surface area (Å²) < 4.78 is 24.4. The average Bonchev–Trinajstić information content (AvgIpc) is 2.93. The number of benzene rings is 2. The highest BCUT2D eigenvalue weighted by atomic mass is 19.1. The van der Waals surface area contributed by atoms with Gasteiger partial charge in [0.25, 0.3) is 5.91 Å². The molecule has 1 aliphatic heterocycles. The zero-order chi connectivity index (χ0) is 28.9. The van der Waals surface area contributed by atoms with Crippen molar-refractivity contribution in [3.05, 3.63) is 59.9 Å². The van der Waals surface area contributed by atoms with Gasteiger partial charge in [-0.15, -0.1) is 0 Å². The number of carbonyl (C=O) groups is 4. The Hall–Kier alpha value is -4.15. The Bertz CT molecular complexity index is 1160. The van der Waals surface area contributed by atoms with Crippen molar-refractivity contribution in [2.45, 2.75) is 51.6 Å². The fourth-order valence-corrected chi connectivity index (χ4v) is 4.12. The maximum atomic E-state index is 13.2. The Morgan fingerprint density at radius 2 is 1.85 bits per heavy atom. The highest BCUT2D eigenvalue weighted by molar-refractivity contribution is 5.99. The largest absolute Gasteiger partial charge is 0.493 e. The predicted octanol–water partition coefficient (Wildman–Crippen LogP) is 2.33. The van der Waals surface area contributed by atoms with Gasteiger partial charge in [-0.05, 0) is 61.6 Å². The average molecular weight is 557 g/mol. The minimum Gasteiger partial charge on any atom is -0.493 e. The lowest BCUT2D eigenvalue weighted by Crippen LogP contribution is -2.50. The summed E-state index contributed by atoms with van der Waals surface area (Å²) in [6.07, 6.45) is 0.858. The third kappa shape index (κ3) is 9.87. The van der Waals surface area contributed by atoms with Gasteiger partial charge in [-0.25, -0.2) is 4.39 Å². The highest BCUT2D eigenvalue weighted by Crippen LogP contribution is 2.19. The Morgan fingerprint density at radius 1 is 1.10 bits per heavy atom. The Morgan fingerprint density at radius 3 is 2.60 bits per heavy atom. The number of amides is 4. The van der Waals surface area contributed by atoms with E-state index in [1.807, 2.05) is 13.8 Å². The predicted molar refractivity (Wildman–Crippen MR) is 146 cm³/mol. The summed E-state index contributed by atoms with van der Waals surface area (Å²) in [6.45, 7) is 4.75. The third-order valence-corrected chi connectivity index (χ3v) is 6.13. The van der Waals surface area contributed by atoms with Crippen LogP contribution in [-0.2, 0) is 14.4 Å². The molecule has 0 spiro atoms. The Balaban J connectivity index is 1.71. The molecule has 3 rings (SSSR count). The molecule has 216 valence electrons. The van der Waals surface area contributed by atoms with Crippen LogP contribution in [-0.4, -0.2) is 62.0 Å². The molecule has 4 N–H and O–H groups in total. The van der Waals surface area contributed by atoms with E-state index in [4.69, 9.17) is 9.47 Å². The minimum atomic E-state index is -1.04. The quantitative estimate of drug-likeness (QED) is 0.387. The van der Waals surface area contributed by atoms with Crippen molar-refractivity contribution < 1.29 is 33.0 Å². The normalized spacial score (nSPS) is 18.9. The van der Waals surface area contributed by atoms with E-state index in [9.17, 15) is 23.6 Å². The van der Waals surface area contributed by atoms with Gasteiger partial charge in [0.15, 0.2) is 0 Å². The lowest BCUT2D eigenvalue weighted by molar-refractivity contribution is -0.129. The highest BCUT2D eigenvalue weighted by Gasteiger charge is 2.26. The van der Waals surface area contributed by atoms with Crippen LogP contribution in [0.2, 0.25) is 0 Å². The molecular weight excluding hydrogens is 519 g/mol. The van der Waals surface area contributed by atoms with Crippen LogP contribution in [0.15, 0.2) is 48.5 Å². The van der Waals surface area contributed by atoms with Crippen LogP contribution in [0.5, 0.6) is 11.5 Å². The number of ether oxygens (including phenoxy) is 2. The van der Waals surface area contributed by atoms with Gasteiger partial charge in [-0.2, -0.15) is 0 Å². The van der Waals surface area contributed by atoms with Gasteiger partial charge in [-0.3, -0.25) is 19.2 Å². The van der Waals surface area contributed by atoms with Gasteiger partial charge >= 0.3 is 0 Å². The summed E-state index contributed by atoms with van der Waals surface area (Å²) in [5.41, 5.74) is 0.248. The third-order valence-electron chi connectivity index (χ3n) is 6.13. The van der Waals surface area contributed by atoms with Crippen molar-refractivity contribution in [3.8, 4) is 11.5 Å². The first-order valence-electron chi connectivity index (χ1n) is 13.5. The fourth-order valence-electron chi connectivity index (χ4n) is 4.12. The van der Waals surface area contributed by atoms with Crippen LogP contribution in [0.1, 0.15) is 49.9 Å². The number of halogens is 1. The maximum absolute atomic E-state index is 13.2. The molecule has 10 nitrogen and oxygen atoms in total. The molecule has 11 heteroatoms. The molecular formula is C29H37FN4O6. The number of nitrogens with one attached hydrogen (secondary N) is 4. The first-order chi connectivity index (χ1) is 19.2. The zero-order valence-corrected chi connectivity index (χ0v) is 22.8. The lowest BCUT2D eigenvalue weighted by Gasteiger charge is -2.22. The van der Waals surface area contributed by atoms with Crippen LogP contribution in [0.3, 0.4) is 0 Å². The fraction of sp³-hybridized carbons (Fsp3) is 0.448. The molecule has 1 heterocycles. The lowest BCUT2D eigenvalue weighted by atomic mass is 10.0. The number of rotatable bonds is 7. The summed E-state index contributed by atoms with van der Waals surface area (Å²) in [5, 5.41) is 11.0. The van der Waals surface area contributed by atoms with Crippen molar-refractivity contribution in [1.29, 1.82) is 0 Å². The molecule has 0 saturated heterocycles. The standard InChI is InChI=1S/C29H37FN4O6/c1-19(2)18-24-29(38)31-14-5-16-40-25-7-4-3-6-22(25)27(36)34-23(12-13-26(35)33-24)28(37)32-15-17-39-21-10-8-20(30)9-11-21/h3-4,6-11,19,23-24H,5,12-18H2,1-2H3,(H,31,38)(H,32,37)(H,33,35)(H,34,36)/t23-,24+/m0/s1. The van der Waals surface area contributed by atoms with Crippen LogP contribution in [0.4, 0.5) is 4.39 Å². The van der Waals surface area contributed by atoms with Crippen molar-refractivity contribution >= 4 is 23.6 Å².